The SMILES string of the molecule is Cc1cc([C@@H](C)Oc2ccc(Cl)nc2C(=O)O)c2oc(-c3ccccn3)c(C)c(=O)c2c1. The highest BCUT2D eigenvalue weighted by molar-refractivity contribution is 6.29. The number of aryl methyl sites for hydroxylation is 1. The van der Waals surface area contributed by atoms with Crippen LogP contribution in [0.4, 0.5) is 0 Å². The topological polar surface area (TPSA) is 103 Å². The third-order valence-corrected chi connectivity index (χ3v) is 5.27. The summed E-state index contributed by atoms with van der Waals surface area (Å²) >= 11 is 5.84. The quantitative estimate of drug-likeness (QED) is 0.408. The summed E-state index contributed by atoms with van der Waals surface area (Å²) in [7, 11) is 0. The fourth-order valence-corrected chi connectivity index (χ4v) is 3.68. The van der Waals surface area contributed by atoms with Crippen molar-refractivity contribution in [1.29, 1.82) is 0 Å². The van der Waals surface area contributed by atoms with Gasteiger partial charge >= 0.3 is 5.97 Å². The van der Waals surface area contributed by atoms with E-state index in [1.165, 1.54) is 12.1 Å². The molecule has 1 atom stereocenters. The molecule has 32 heavy (non-hydrogen) atoms. The van der Waals surface area contributed by atoms with Crippen LogP contribution in [0.25, 0.3) is 22.4 Å². The van der Waals surface area contributed by atoms with E-state index in [1.54, 1.807) is 38.2 Å². The van der Waals surface area contributed by atoms with Crippen LogP contribution >= 0.6 is 11.6 Å². The average Bonchev–Trinajstić information content (AvgIpc) is 2.77. The molecule has 0 saturated heterocycles. The number of aromatic carboxylic acids is 1. The number of ether oxygens (including phenoxy) is 1. The molecule has 1 N–H and O–H groups in total. The van der Waals surface area contributed by atoms with Gasteiger partial charge in [0.05, 0.1) is 5.39 Å². The standard InChI is InChI=1S/C24H19ClN2O5/c1-12-10-15(14(3)31-18-7-8-19(25)27-20(18)24(29)30)23-16(11-12)21(28)13(2)22(32-23)17-6-4-5-9-26-17/h4-11,14H,1-3H3,(H,29,30)/t14-/m1/s1. The molecule has 0 aliphatic heterocycles. The molecule has 0 unspecified atom stereocenters. The summed E-state index contributed by atoms with van der Waals surface area (Å²) in [5.41, 5.74) is 2.33. The highest BCUT2D eigenvalue weighted by atomic mass is 35.5. The number of carboxylic acid groups (broad SMARTS) is 1. The Balaban J connectivity index is 1.88. The smallest absolute Gasteiger partial charge is 0.358 e. The Kier molecular flexibility index (Phi) is 5.67. The average molecular weight is 451 g/mol. The number of hydrogen-bond acceptors (Lipinski definition) is 6. The van der Waals surface area contributed by atoms with Crippen LogP contribution in [0.1, 0.15) is 40.2 Å². The van der Waals surface area contributed by atoms with Crippen LogP contribution in [0.15, 0.2) is 57.9 Å². The number of hydrogen-bond donors (Lipinski definition) is 1. The van der Waals surface area contributed by atoms with E-state index < -0.39 is 12.1 Å². The molecule has 4 rings (SSSR count). The summed E-state index contributed by atoms with van der Waals surface area (Å²) in [6, 6.07) is 11.9. The fraction of sp³-hybridized carbons (Fsp3) is 0.167. The lowest BCUT2D eigenvalue weighted by Crippen LogP contribution is -2.13. The van der Waals surface area contributed by atoms with Crippen molar-refractivity contribution in [2.75, 3.05) is 0 Å². The van der Waals surface area contributed by atoms with Gasteiger partial charge in [-0.05, 0) is 62.7 Å². The van der Waals surface area contributed by atoms with Crippen LogP contribution in [0.5, 0.6) is 5.75 Å². The van der Waals surface area contributed by atoms with Gasteiger partial charge in [-0.1, -0.05) is 17.7 Å². The van der Waals surface area contributed by atoms with E-state index >= 15 is 0 Å². The first-order valence-corrected chi connectivity index (χ1v) is 10.2. The van der Waals surface area contributed by atoms with E-state index in [2.05, 4.69) is 9.97 Å². The number of halogens is 1. The van der Waals surface area contributed by atoms with Gasteiger partial charge in [0.1, 0.15) is 22.5 Å². The Bertz CT molecular complexity index is 1400. The first-order chi connectivity index (χ1) is 15.3. The van der Waals surface area contributed by atoms with Crippen LogP contribution < -0.4 is 10.2 Å². The zero-order chi connectivity index (χ0) is 23.0. The van der Waals surface area contributed by atoms with Gasteiger partial charge in [-0.15, -0.1) is 0 Å². The van der Waals surface area contributed by atoms with E-state index in [0.717, 1.165) is 5.56 Å². The second-order valence-corrected chi connectivity index (χ2v) is 7.76. The second kappa shape index (κ2) is 8.43. The molecular formula is C24H19ClN2O5. The first-order valence-electron chi connectivity index (χ1n) is 9.82. The summed E-state index contributed by atoms with van der Waals surface area (Å²) in [6.07, 6.45) is 0.975. The van der Waals surface area contributed by atoms with Gasteiger partial charge < -0.3 is 14.3 Å². The monoisotopic (exact) mass is 450 g/mol. The minimum absolute atomic E-state index is 0.0462. The maximum absolute atomic E-state index is 13.2. The highest BCUT2D eigenvalue weighted by Gasteiger charge is 2.22. The van der Waals surface area contributed by atoms with Gasteiger partial charge in [0.2, 0.25) is 0 Å². The lowest BCUT2D eigenvalue weighted by atomic mass is 10.0. The Morgan fingerprint density at radius 1 is 1.19 bits per heavy atom. The molecule has 0 bridgehead atoms. The molecule has 3 heterocycles. The van der Waals surface area contributed by atoms with Crippen molar-refractivity contribution in [2.24, 2.45) is 0 Å². The normalized spacial score (nSPS) is 12.0. The summed E-state index contributed by atoms with van der Waals surface area (Å²) in [4.78, 5) is 32.9. The number of benzene rings is 1. The fourth-order valence-electron chi connectivity index (χ4n) is 3.54. The molecule has 0 spiro atoms. The maximum Gasteiger partial charge on any atom is 0.358 e. The summed E-state index contributed by atoms with van der Waals surface area (Å²) in [5.74, 6) is -0.827. The highest BCUT2D eigenvalue weighted by Crippen LogP contribution is 2.33. The Morgan fingerprint density at radius 2 is 1.97 bits per heavy atom. The van der Waals surface area contributed by atoms with Crippen molar-refractivity contribution in [2.45, 2.75) is 26.9 Å². The molecule has 0 fully saturated rings. The zero-order valence-corrected chi connectivity index (χ0v) is 18.3. The van der Waals surface area contributed by atoms with Crippen LogP contribution in [-0.2, 0) is 0 Å². The minimum Gasteiger partial charge on any atom is -0.483 e. The number of rotatable bonds is 5. The molecule has 0 radical (unpaired) electrons. The molecule has 0 aliphatic carbocycles. The van der Waals surface area contributed by atoms with Crippen molar-refractivity contribution in [3.8, 4) is 17.2 Å². The lowest BCUT2D eigenvalue weighted by molar-refractivity contribution is 0.0682. The van der Waals surface area contributed by atoms with E-state index in [9.17, 15) is 14.7 Å². The number of carboxylic acids is 1. The third kappa shape index (κ3) is 3.94. The first kappa shape index (κ1) is 21.5. The second-order valence-electron chi connectivity index (χ2n) is 7.38. The van der Waals surface area contributed by atoms with E-state index in [-0.39, 0.29) is 22.0 Å². The molecule has 7 nitrogen and oxygen atoms in total. The zero-order valence-electron chi connectivity index (χ0n) is 17.5. The number of carbonyl (C=O) groups is 1. The lowest BCUT2D eigenvalue weighted by Gasteiger charge is -2.19. The van der Waals surface area contributed by atoms with Crippen molar-refractivity contribution in [3.05, 3.63) is 86.4 Å². The number of pyridine rings is 2. The molecule has 8 heteroatoms. The molecule has 3 aromatic heterocycles. The van der Waals surface area contributed by atoms with Crippen LogP contribution in [0, 0.1) is 13.8 Å². The summed E-state index contributed by atoms with van der Waals surface area (Å²) < 4.78 is 12.2. The summed E-state index contributed by atoms with van der Waals surface area (Å²) in [5, 5.41) is 9.91. The van der Waals surface area contributed by atoms with E-state index in [0.29, 0.717) is 33.6 Å². The third-order valence-electron chi connectivity index (χ3n) is 5.06. The van der Waals surface area contributed by atoms with Crippen molar-refractivity contribution >= 4 is 28.5 Å². The molecule has 162 valence electrons. The van der Waals surface area contributed by atoms with E-state index in [4.69, 9.17) is 20.8 Å². The van der Waals surface area contributed by atoms with Gasteiger partial charge in [-0.25, -0.2) is 9.78 Å². The Hall–Kier alpha value is -3.71. The van der Waals surface area contributed by atoms with Gasteiger partial charge in [0.25, 0.3) is 0 Å². The number of fused-ring (bicyclic) bond motifs is 1. The molecule has 0 amide bonds. The van der Waals surface area contributed by atoms with Gasteiger partial charge in [0.15, 0.2) is 22.6 Å². The minimum atomic E-state index is -1.26. The molecule has 0 saturated carbocycles. The van der Waals surface area contributed by atoms with Crippen molar-refractivity contribution in [3.63, 3.8) is 0 Å². The van der Waals surface area contributed by atoms with Crippen LogP contribution in [-0.4, -0.2) is 21.0 Å². The maximum atomic E-state index is 13.2. The van der Waals surface area contributed by atoms with Gasteiger partial charge in [-0.2, -0.15) is 0 Å². The van der Waals surface area contributed by atoms with Crippen LogP contribution in [0.3, 0.4) is 0 Å². The summed E-state index contributed by atoms with van der Waals surface area (Å²) in [6.45, 7) is 5.31. The molecule has 0 aliphatic rings. The number of nitrogens with zero attached hydrogens (tertiary/aromatic N) is 2. The van der Waals surface area contributed by atoms with E-state index in [1.807, 2.05) is 19.1 Å². The van der Waals surface area contributed by atoms with Crippen molar-refractivity contribution < 1.29 is 19.1 Å². The predicted octanol–water partition coefficient (Wildman–Crippen LogP) is 5.36. The largest absolute Gasteiger partial charge is 0.483 e. The molecule has 4 aromatic rings. The van der Waals surface area contributed by atoms with Crippen molar-refractivity contribution in [1.82, 2.24) is 9.97 Å². The Labute approximate surface area is 188 Å². The molecule has 1 aromatic carbocycles. The number of aromatic nitrogens is 2. The molecular weight excluding hydrogens is 432 g/mol. The van der Waals surface area contributed by atoms with Crippen LogP contribution in [0.2, 0.25) is 5.15 Å². The Morgan fingerprint density at radius 3 is 2.66 bits per heavy atom. The predicted molar refractivity (Wildman–Crippen MR) is 120 cm³/mol. The van der Waals surface area contributed by atoms with Gasteiger partial charge in [-0.3, -0.25) is 9.78 Å². The van der Waals surface area contributed by atoms with Gasteiger partial charge in [0, 0.05) is 17.3 Å².